The molecule has 4 heteroatoms. The van der Waals surface area contributed by atoms with E-state index in [0.717, 1.165) is 30.9 Å². The minimum absolute atomic E-state index is 0.0167. The Kier molecular flexibility index (Phi) is 4.27. The highest BCUT2D eigenvalue weighted by atomic mass is 32.1. The topological polar surface area (TPSA) is 34.2 Å². The molecule has 1 saturated heterocycles. The molecule has 1 aliphatic rings. The lowest BCUT2D eigenvalue weighted by molar-refractivity contribution is -0.0708. The molecule has 2 aromatic rings. The Morgan fingerprint density at radius 1 is 1.48 bits per heavy atom. The van der Waals surface area contributed by atoms with Crippen LogP contribution in [0, 0.1) is 0 Å². The minimum Gasteiger partial charge on any atom is -0.382 e. The summed E-state index contributed by atoms with van der Waals surface area (Å²) in [6.45, 7) is 5.26. The lowest BCUT2D eigenvalue weighted by Gasteiger charge is -2.38. The van der Waals surface area contributed by atoms with Gasteiger partial charge < -0.3 is 10.1 Å². The summed E-state index contributed by atoms with van der Waals surface area (Å²) in [5.41, 5.74) is 2.37. The van der Waals surface area contributed by atoms with E-state index in [1.807, 2.05) is 11.6 Å². The second-order valence-corrected chi connectivity index (χ2v) is 6.80. The van der Waals surface area contributed by atoms with Crippen LogP contribution in [-0.4, -0.2) is 23.2 Å². The Hall–Kier alpha value is -1.39. The van der Waals surface area contributed by atoms with Crippen LogP contribution < -0.4 is 5.32 Å². The largest absolute Gasteiger partial charge is 0.382 e. The highest BCUT2D eigenvalue weighted by Gasteiger charge is 2.31. The van der Waals surface area contributed by atoms with Gasteiger partial charge in [0.15, 0.2) is 0 Å². The van der Waals surface area contributed by atoms with E-state index in [2.05, 4.69) is 48.4 Å². The number of ether oxygens (including phenoxy) is 1. The number of aromatic nitrogens is 1. The lowest BCUT2D eigenvalue weighted by Crippen LogP contribution is -2.41. The van der Waals surface area contributed by atoms with E-state index in [0.29, 0.717) is 6.04 Å². The first-order valence-electron chi connectivity index (χ1n) is 7.59. The van der Waals surface area contributed by atoms with E-state index in [1.165, 1.54) is 11.3 Å². The van der Waals surface area contributed by atoms with Gasteiger partial charge in [0.2, 0.25) is 0 Å². The second-order valence-electron chi connectivity index (χ2n) is 5.90. The molecular weight excluding hydrogens is 280 g/mol. The number of hydrogen-bond donors (Lipinski definition) is 1. The molecule has 1 aromatic heterocycles. The molecule has 0 saturated carbocycles. The summed E-state index contributed by atoms with van der Waals surface area (Å²) in [5, 5.41) is 6.76. The number of nitrogens with zero attached hydrogens (tertiary/aromatic N) is 1. The summed E-state index contributed by atoms with van der Waals surface area (Å²) in [4.78, 5) is 4.38. The van der Waals surface area contributed by atoms with Crippen molar-refractivity contribution in [2.24, 2.45) is 0 Å². The van der Waals surface area contributed by atoms with Crippen molar-refractivity contribution in [3.8, 4) is 10.6 Å². The molecule has 3 nitrogen and oxygen atoms in total. The van der Waals surface area contributed by atoms with Crippen LogP contribution in [0.15, 0.2) is 35.8 Å². The van der Waals surface area contributed by atoms with Crippen molar-refractivity contribution in [1.29, 1.82) is 0 Å². The van der Waals surface area contributed by atoms with E-state index < -0.39 is 0 Å². The Morgan fingerprint density at radius 3 is 3.14 bits per heavy atom. The molecule has 1 fully saturated rings. The summed E-state index contributed by atoms with van der Waals surface area (Å²) in [6, 6.07) is 9.02. The fraction of sp³-hybridized carbons (Fsp3) is 0.471. The molecule has 0 bridgehead atoms. The van der Waals surface area contributed by atoms with Gasteiger partial charge in [0, 0.05) is 35.5 Å². The minimum atomic E-state index is 0.0167. The normalized spacial score (nSPS) is 25.7. The summed E-state index contributed by atoms with van der Waals surface area (Å²) in [7, 11) is 0. The van der Waals surface area contributed by atoms with Crippen LogP contribution >= 0.6 is 11.3 Å². The van der Waals surface area contributed by atoms with Crippen LogP contribution in [0.25, 0.3) is 10.6 Å². The fourth-order valence-corrected chi connectivity index (χ4v) is 3.48. The van der Waals surface area contributed by atoms with Gasteiger partial charge in [0.05, 0.1) is 5.60 Å². The van der Waals surface area contributed by atoms with Crippen LogP contribution in [0.5, 0.6) is 0 Å². The molecule has 112 valence electrons. The van der Waals surface area contributed by atoms with Gasteiger partial charge in [-0.05, 0) is 38.3 Å². The van der Waals surface area contributed by atoms with Crippen molar-refractivity contribution in [3.05, 3.63) is 35.8 Å². The first kappa shape index (κ1) is 14.5. The van der Waals surface area contributed by atoms with Gasteiger partial charge in [0.1, 0.15) is 5.01 Å². The molecule has 21 heavy (non-hydrogen) atoms. The van der Waals surface area contributed by atoms with Gasteiger partial charge in [-0.1, -0.05) is 19.1 Å². The summed E-state index contributed by atoms with van der Waals surface area (Å²) >= 11 is 1.68. The van der Waals surface area contributed by atoms with Gasteiger partial charge in [-0.3, -0.25) is 0 Å². The molecule has 0 radical (unpaired) electrons. The number of thiazole rings is 1. The quantitative estimate of drug-likeness (QED) is 0.898. The fourth-order valence-electron chi connectivity index (χ4n) is 2.84. The predicted octanol–water partition coefficient (Wildman–Crippen LogP) is 4.57. The van der Waals surface area contributed by atoms with E-state index in [4.69, 9.17) is 4.74 Å². The molecule has 1 aromatic carbocycles. The highest BCUT2D eigenvalue weighted by Crippen LogP contribution is 2.30. The molecule has 3 rings (SSSR count). The molecule has 2 heterocycles. The zero-order valence-electron chi connectivity index (χ0n) is 12.6. The molecule has 1 N–H and O–H groups in total. The molecule has 0 spiro atoms. The van der Waals surface area contributed by atoms with E-state index in [9.17, 15) is 0 Å². The van der Waals surface area contributed by atoms with E-state index in [1.54, 1.807) is 11.3 Å². The SMILES string of the molecule is CCC1(C)CC(Nc2cccc(-c3nccs3)c2)CCO1. The van der Waals surface area contributed by atoms with Crippen molar-refractivity contribution in [1.82, 2.24) is 4.98 Å². The van der Waals surface area contributed by atoms with Gasteiger partial charge in [-0.15, -0.1) is 11.3 Å². The Bertz CT molecular complexity index is 584. The average molecular weight is 302 g/mol. The molecule has 0 aliphatic carbocycles. The number of hydrogen-bond acceptors (Lipinski definition) is 4. The van der Waals surface area contributed by atoms with Crippen LogP contribution in [0.1, 0.15) is 33.1 Å². The summed E-state index contributed by atoms with van der Waals surface area (Å²) in [6.07, 6.45) is 5.04. The maximum atomic E-state index is 5.92. The van der Waals surface area contributed by atoms with Crippen LogP contribution in [-0.2, 0) is 4.74 Å². The van der Waals surface area contributed by atoms with Crippen molar-refractivity contribution >= 4 is 17.0 Å². The average Bonchev–Trinajstić information content (AvgIpc) is 3.02. The molecular formula is C17H22N2OS. The highest BCUT2D eigenvalue weighted by molar-refractivity contribution is 7.13. The number of nitrogens with one attached hydrogen (secondary N) is 1. The lowest BCUT2D eigenvalue weighted by atomic mass is 9.90. The number of rotatable bonds is 4. The summed E-state index contributed by atoms with van der Waals surface area (Å²) in [5.74, 6) is 0. The molecule has 2 unspecified atom stereocenters. The van der Waals surface area contributed by atoms with Gasteiger partial charge in [-0.25, -0.2) is 4.98 Å². The third-order valence-corrected chi connectivity index (χ3v) is 5.08. The third-order valence-electron chi connectivity index (χ3n) is 4.26. The predicted molar refractivity (Wildman–Crippen MR) is 88.8 cm³/mol. The third kappa shape index (κ3) is 3.44. The van der Waals surface area contributed by atoms with Crippen LogP contribution in [0.4, 0.5) is 5.69 Å². The number of anilines is 1. The zero-order valence-corrected chi connectivity index (χ0v) is 13.5. The van der Waals surface area contributed by atoms with Crippen molar-refractivity contribution < 1.29 is 4.74 Å². The zero-order chi connectivity index (χ0) is 14.7. The van der Waals surface area contributed by atoms with Crippen molar-refractivity contribution in [2.45, 2.75) is 44.8 Å². The standard InChI is InChI=1S/C17H22N2OS/c1-3-17(2)12-15(7-9-20-17)19-14-6-4-5-13(11-14)16-18-8-10-21-16/h4-6,8,10-11,15,19H,3,7,9,12H2,1-2H3. The van der Waals surface area contributed by atoms with Crippen molar-refractivity contribution in [2.75, 3.05) is 11.9 Å². The molecule has 1 aliphatic heterocycles. The number of benzene rings is 1. The van der Waals surface area contributed by atoms with Gasteiger partial charge >= 0.3 is 0 Å². The van der Waals surface area contributed by atoms with E-state index in [-0.39, 0.29) is 5.60 Å². The second kappa shape index (κ2) is 6.16. The molecule has 0 amide bonds. The van der Waals surface area contributed by atoms with Gasteiger partial charge in [-0.2, -0.15) is 0 Å². The smallest absolute Gasteiger partial charge is 0.123 e. The first-order valence-corrected chi connectivity index (χ1v) is 8.47. The van der Waals surface area contributed by atoms with E-state index >= 15 is 0 Å². The maximum absolute atomic E-state index is 5.92. The Morgan fingerprint density at radius 2 is 2.38 bits per heavy atom. The first-order chi connectivity index (χ1) is 10.2. The Labute approximate surface area is 130 Å². The van der Waals surface area contributed by atoms with Crippen molar-refractivity contribution in [3.63, 3.8) is 0 Å². The monoisotopic (exact) mass is 302 g/mol. The molecule has 2 atom stereocenters. The van der Waals surface area contributed by atoms with Crippen LogP contribution in [0.3, 0.4) is 0 Å². The summed E-state index contributed by atoms with van der Waals surface area (Å²) < 4.78 is 5.92. The Balaban J connectivity index is 1.72. The van der Waals surface area contributed by atoms with Gasteiger partial charge in [0.25, 0.3) is 0 Å². The maximum Gasteiger partial charge on any atom is 0.123 e. The van der Waals surface area contributed by atoms with Crippen LogP contribution in [0.2, 0.25) is 0 Å².